The van der Waals surface area contributed by atoms with Crippen LogP contribution in [0, 0.1) is 5.92 Å². The lowest BCUT2D eigenvalue weighted by atomic mass is 9.80. The van der Waals surface area contributed by atoms with E-state index in [4.69, 9.17) is 0 Å². The van der Waals surface area contributed by atoms with E-state index >= 15 is 0 Å². The number of hydrogen-bond donors (Lipinski definition) is 1. The van der Waals surface area contributed by atoms with Crippen LogP contribution in [-0.4, -0.2) is 12.6 Å². The lowest BCUT2D eigenvalue weighted by molar-refractivity contribution is 0.261. The molecule has 2 unspecified atom stereocenters. The van der Waals surface area contributed by atoms with Gasteiger partial charge < -0.3 is 5.32 Å². The summed E-state index contributed by atoms with van der Waals surface area (Å²) in [6.07, 6.45) is 8.10. The van der Waals surface area contributed by atoms with E-state index in [1.807, 2.05) is 0 Å². The first kappa shape index (κ1) is 12.6. The third-order valence-corrected chi connectivity index (χ3v) is 3.91. The van der Waals surface area contributed by atoms with E-state index in [-0.39, 0.29) is 0 Å². The van der Waals surface area contributed by atoms with Gasteiger partial charge in [0.25, 0.3) is 0 Å². The van der Waals surface area contributed by atoms with Gasteiger partial charge in [0.15, 0.2) is 0 Å². The highest BCUT2D eigenvalue weighted by Gasteiger charge is 2.24. The van der Waals surface area contributed by atoms with Crippen LogP contribution in [0.3, 0.4) is 0 Å². The van der Waals surface area contributed by atoms with Crippen molar-refractivity contribution in [2.24, 2.45) is 5.92 Å². The summed E-state index contributed by atoms with van der Waals surface area (Å²) in [5, 5.41) is 3.74. The van der Waals surface area contributed by atoms with E-state index in [2.05, 4.69) is 42.6 Å². The van der Waals surface area contributed by atoms with Gasteiger partial charge in [-0.15, -0.1) is 0 Å². The van der Waals surface area contributed by atoms with Crippen molar-refractivity contribution in [1.82, 2.24) is 5.32 Å². The van der Waals surface area contributed by atoms with Crippen LogP contribution < -0.4 is 5.32 Å². The van der Waals surface area contributed by atoms with E-state index in [1.165, 1.54) is 50.6 Å². The van der Waals surface area contributed by atoms with Crippen molar-refractivity contribution in [3.8, 4) is 0 Å². The van der Waals surface area contributed by atoms with E-state index in [0.29, 0.717) is 0 Å². The lowest BCUT2D eigenvalue weighted by Crippen LogP contribution is -2.39. The molecule has 0 heterocycles. The second-order valence-electron chi connectivity index (χ2n) is 5.29. The maximum Gasteiger partial charge on any atom is 0.00984 e. The normalized spacial score (nSPS) is 24.8. The first-order valence-corrected chi connectivity index (χ1v) is 7.17. The highest BCUT2D eigenvalue weighted by Crippen LogP contribution is 2.27. The van der Waals surface area contributed by atoms with E-state index in [1.54, 1.807) is 0 Å². The van der Waals surface area contributed by atoms with Crippen LogP contribution in [-0.2, 0) is 6.42 Å². The Morgan fingerprint density at radius 3 is 2.65 bits per heavy atom. The minimum atomic E-state index is 0.754. The van der Waals surface area contributed by atoms with Gasteiger partial charge in [0.2, 0.25) is 0 Å². The molecule has 2 atom stereocenters. The zero-order valence-corrected chi connectivity index (χ0v) is 11.0. The molecule has 94 valence electrons. The molecule has 0 amide bonds. The standard InChI is InChI=1S/C16H25N/c1-2-12-17-16-11-7-6-10-15(16)13-14-8-4-3-5-9-14/h3-5,8-9,15-17H,2,6-7,10-13H2,1H3. The van der Waals surface area contributed by atoms with Crippen molar-refractivity contribution in [3.63, 3.8) is 0 Å². The summed E-state index contributed by atoms with van der Waals surface area (Å²) in [6.45, 7) is 3.43. The van der Waals surface area contributed by atoms with Crippen LogP contribution in [0.1, 0.15) is 44.6 Å². The Hall–Kier alpha value is -0.820. The fourth-order valence-electron chi connectivity index (χ4n) is 2.97. The topological polar surface area (TPSA) is 12.0 Å². The molecule has 1 heteroatoms. The van der Waals surface area contributed by atoms with Crippen LogP contribution in [0.2, 0.25) is 0 Å². The fourth-order valence-corrected chi connectivity index (χ4v) is 2.97. The van der Waals surface area contributed by atoms with Gasteiger partial charge in [-0.05, 0) is 43.7 Å². The van der Waals surface area contributed by atoms with Gasteiger partial charge in [-0.1, -0.05) is 50.1 Å². The van der Waals surface area contributed by atoms with E-state index in [0.717, 1.165) is 12.0 Å². The minimum absolute atomic E-state index is 0.754. The van der Waals surface area contributed by atoms with E-state index < -0.39 is 0 Å². The lowest BCUT2D eigenvalue weighted by Gasteiger charge is -2.32. The minimum Gasteiger partial charge on any atom is -0.314 e. The first-order chi connectivity index (χ1) is 8.40. The summed E-state index contributed by atoms with van der Waals surface area (Å²) in [6, 6.07) is 11.7. The number of rotatable bonds is 5. The molecule has 1 nitrogen and oxygen atoms in total. The summed E-state index contributed by atoms with van der Waals surface area (Å²) in [7, 11) is 0. The van der Waals surface area contributed by atoms with Gasteiger partial charge in [-0.3, -0.25) is 0 Å². The summed E-state index contributed by atoms with van der Waals surface area (Å²) in [5.41, 5.74) is 1.50. The van der Waals surface area contributed by atoms with Gasteiger partial charge in [0.1, 0.15) is 0 Å². The zero-order chi connectivity index (χ0) is 11.9. The van der Waals surface area contributed by atoms with Gasteiger partial charge in [-0.25, -0.2) is 0 Å². The highest BCUT2D eigenvalue weighted by atomic mass is 14.9. The molecule has 1 aromatic rings. The third kappa shape index (κ3) is 3.85. The quantitative estimate of drug-likeness (QED) is 0.813. The van der Waals surface area contributed by atoms with Crippen molar-refractivity contribution in [2.45, 2.75) is 51.5 Å². The van der Waals surface area contributed by atoms with Gasteiger partial charge in [-0.2, -0.15) is 0 Å². The molecule has 1 fully saturated rings. The molecule has 0 radical (unpaired) electrons. The Labute approximate surface area is 106 Å². The average Bonchev–Trinajstić information content (AvgIpc) is 2.39. The zero-order valence-electron chi connectivity index (χ0n) is 11.0. The van der Waals surface area contributed by atoms with Crippen molar-refractivity contribution in [2.75, 3.05) is 6.54 Å². The summed E-state index contributed by atoms with van der Waals surface area (Å²) < 4.78 is 0. The monoisotopic (exact) mass is 231 g/mol. The highest BCUT2D eigenvalue weighted by molar-refractivity contribution is 5.15. The molecule has 1 N–H and O–H groups in total. The Morgan fingerprint density at radius 1 is 1.12 bits per heavy atom. The molecule has 0 spiro atoms. The molecule has 0 aromatic heterocycles. The molecule has 0 saturated heterocycles. The number of hydrogen-bond acceptors (Lipinski definition) is 1. The predicted molar refractivity (Wildman–Crippen MR) is 74.2 cm³/mol. The van der Waals surface area contributed by atoms with Gasteiger partial charge in [0, 0.05) is 6.04 Å². The van der Waals surface area contributed by atoms with E-state index in [9.17, 15) is 0 Å². The van der Waals surface area contributed by atoms with Crippen LogP contribution in [0.5, 0.6) is 0 Å². The molecular formula is C16H25N. The smallest absolute Gasteiger partial charge is 0.00984 e. The Bertz CT molecular complexity index is 307. The SMILES string of the molecule is CCCNC1CCCCC1Cc1ccccc1. The first-order valence-electron chi connectivity index (χ1n) is 7.17. The largest absolute Gasteiger partial charge is 0.314 e. The van der Waals surface area contributed by atoms with Crippen LogP contribution >= 0.6 is 0 Å². The molecule has 17 heavy (non-hydrogen) atoms. The van der Waals surface area contributed by atoms with Gasteiger partial charge >= 0.3 is 0 Å². The molecule has 1 aromatic carbocycles. The summed E-state index contributed by atoms with van der Waals surface area (Å²) in [5.74, 6) is 0.845. The summed E-state index contributed by atoms with van der Waals surface area (Å²) in [4.78, 5) is 0. The van der Waals surface area contributed by atoms with Gasteiger partial charge in [0.05, 0.1) is 0 Å². The summed E-state index contributed by atoms with van der Waals surface area (Å²) >= 11 is 0. The Balaban J connectivity index is 1.92. The van der Waals surface area contributed by atoms with Crippen LogP contribution in [0.25, 0.3) is 0 Å². The Kier molecular flexibility index (Phi) is 5.06. The molecule has 0 aliphatic heterocycles. The molecule has 0 bridgehead atoms. The fraction of sp³-hybridized carbons (Fsp3) is 0.625. The van der Waals surface area contributed by atoms with Crippen molar-refractivity contribution < 1.29 is 0 Å². The number of nitrogens with one attached hydrogen (secondary N) is 1. The molecule has 1 aliphatic carbocycles. The molecule has 1 aliphatic rings. The van der Waals surface area contributed by atoms with Crippen molar-refractivity contribution in [1.29, 1.82) is 0 Å². The van der Waals surface area contributed by atoms with Crippen LogP contribution in [0.15, 0.2) is 30.3 Å². The van der Waals surface area contributed by atoms with Crippen molar-refractivity contribution in [3.05, 3.63) is 35.9 Å². The third-order valence-electron chi connectivity index (χ3n) is 3.91. The maximum absolute atomic E-state index is 3.74. The molecule has 2 rings (SSSR count). The predicted octanol–water partition coefficient (Wildman–Crippen LogP) is 3.79. The van der Waals surface area contributed by atoms with Crippen molar-refractivity contribution >= 4 is 0 Å². The average molecular weight is 231 g/mol. The second-order valence-corrected chi connectivity index (χ2v) is 5.29. The van der Waals surface area contributed by atoms with Crippen LogP contribution in [0.4, 0.5) is 0 Å². The second kappa shape index (κ2) is 6.80. The molecular weight excluding hydrogens is 206 g/mol. The molecule has 1 saturated carbocycles. The Morgan fingerprint density at radius 2 is 1.88 bits per heavy atom. The maximum atomic E-state index is 3.74. The number of benzene rings is 1.